The molecular formula is C13H8. The van der Waals surface area contributed by atoms with Gasteiger partial charge in [-0.15, -0.1) is 0 Å². The van der Waals surface area contributed by atoms with Crippen LogP contribution in [-0.2, 0) is 6.42 Å². The van der Waals surface area contributed by atoms with Gasteiger partial charge in [0.15, 0.2) is 0 Å². The fourth-order valence-corrected chi connectivity index (χ4v) is 2.06. The summed E-state index contributed by atoms with van der Waals surface area (Å²) >= 11 is 0. The van der Waals surface area contributed by atoms with E-state index in [1.807, 2.05) is 6.07 Å². The third kappa shape index (κ3) is 0.895. The zero-order chi connectivity index (χ0) is 8.67. The van der Waals surface area contributed by atoms with E-state index < -0.39 is 0 Å². The molecule has 2 aliphatic rings. The van der Waals surface area contributed by atoms with Gasteiger partial charge in [0.2, 0.25) is 0 Å². The highest BCUT2D eigenvalue weighted by Crippen LogP contribution is 2.36. The van der Waals surface area contributed by atoms with Gasteiger partial charge in [0.05, 0.1) is 0 Å². The molecule has 60 valence electrons. The number of hydrogen-bond acceptors (Lipinski definition) is 0. The fourth-order valence-electron chi connectivity index (χ4n) is 2.06. The van der Waals surface area contributed by atoms with Crippen LogP contribution in [0, 0.1) is 24.0 Å². The molecule has 0 radical (unpaired) electrons. The Morgan fingerprint density at radius 1 is 1.15 bits per heavy atom. The minimum atomic E-state index is 0.931. The summed E-state index contributed by atoms with van der Waals surface area (Å²) in [7, 11) is 0. The minimum Gasteiger partial charge on any atom is -0.0985 e. The molecule has 0 amide bonds. The van der Waals surface area contributed by atoms with Crippen molar-refractivity contribution in [1.29, 1.82) is 0 Å². The molecule has 13 heavy (non-hydrogen) atoms. The predicted molar refractivity (Wildman–Crippen MR) is 51.7 cm³/mol. The Labute approximate surface area is 78.3 Å². The minimum absolute atomic E-state index is 0.931. The molecule has 0 unspecified atom stereocenters. The highest BCUT2D eigenvalue weighted by molar-refractivity contribution is 5.78. The number of hydrogen-bond donors (Lipinski definition) is 0. The summed E-state index contributed by atoms with van der Waals surface area (Å²) in [5.41, 5.74) is 5.63. The van der Waals surface area contributed by atoms with Crippen molar-refractivity contribution in [2.75, 3.05) is 0 Å². The van der Waals surface area contributed by atoms with E-state index in [0.717, 1.165) is 19.3 Å². The monoisotopic (exact) mass is 164 g/mol. The number of allylic oxidation sites excluding steroid dienone is 2. The molecule has 0 heterocycles. The van der Waals surface area contributed by atoms with Gasteiger partial charge in [0.25, 0.3) is 0 Å². The molecule has 0 N–H and O–H groups in total. The van der Waals surface area contributed by atoms with E-state index in [-0.39, 0.29) is 0 Å². The van der Waals surface area contributed by atoms with Crippen LogP contribution in [0.25, 0.3) is 5.57 Å². The van der Waals surface area contributed by atoms with Crippen molar-refractivity contribution in [1.82, 2.24) is 0 Å². The fraction of sp³-hybridized carbons (Fsp3) is 0.231. The summed E-state index contributed by atoms with van der Waals surface area (Å²) in [6, 6.07) is 10.3. The second-order valence-corrected chi connectivity index (χ2v) is 3.46. The first-order valence-electron chi connectivity index (χ1n) is 4.53. The van der Waals surface area contributed by atoms with Gasteiger partial charge in [0.1, 0.15) is 0 Å². The molecule has 0 aromatic heterocycles. The first kappa shape index (κ1) is 6.81. The van der Waals surface area contributed by atoms with Crippen LogP contribution in [0.1, 0.15) is 24.0 Å². The predicted octanol–water partition coefficient (Wildman–Crippen LogP) is 2.39. The second kappa shape index (κ2) is 2.41. The van der Waals surface area contributed by atoms with Gasteiger partial charge in [0, 0.05) is 24.8 Å². The molecule has 1 aromatic carbocycles. The Hall–Kier alpha value is -1.66. The van der Waals surface area contributed by atoms with Crippen molar-refractivity contribution in [3.05, 3.63) is 41.0 Å². The highest BCUT2D eigenvalue weighted by Gasteiger charge is 2.20. The standard InChI is InChI=1S/C13H8/c1-3-7-12-10(5-1)9-11-6-2-4-8-13(11)12/h3,7H,6,8-9H2. The van der Waals surface area contributed by atoms with Crippen LogP contribution in [0.2, 0.25) is 0 Å². The average molecular weight is 164 g/mol. The van der Waals surface area contributed by atoms with Gasteiger partial charge in [-0.2, -0.15) is 0 Å². The van der Waals surface area contributed by atoms with Crippen LogP contribution < -0.4 is 0 Å². The van der Waals surface area contributed by atoms with Crippen molar-refractivity contribution >= 4 is 5.57 Å². The molecule has 0 nitrogen and oxygen atoms in total. The second-order valence-electron chi connectivity index (χ2n) is 3.46. The normalized spacial score (nSPS) is 16.9. The van der Waals surface area contributed by atoms with E-state index >= 15 is 0 Å². The third-order valence-corrected chi connectivity index (χ3v) is 2.72. The average Bonchev–Trinajstić information content (AvgIpc) is 2.56. The van der Waals surface area contributed by atoms with Crippen molar-refractivity contribution in [3.63, 3.8) is 0 Å². The topological polar surface area (TPSA) is 0 Å². The van der Waals surface area contributed by atoms with E-state index in [9.17, 15) is 0 Å². The Morgan fingerprint density at radius 2 is 2.08 bits per heavy atom. The summed E-state index contributed by atoms with van der Waals surface area (Å²) in [5.74, 6) is 6.32. The lowest BCUT2D eigenvalue weighted by atomic mass is 9.99. The summed E-state index contributed by atoms with van der Waals surface area (Å²) < 4.78 is 0. The summed E-state index contributed by atoms with van der Waals surface area (Å²) in [6.45, 7) is 0. The maximum absolute atomic E-state index is 3.18. The third-order valence-electron chi connectivity index (χ3n) is 2.72. The zero-order valence-corrected chi connectivity index (χ0v) is 7.28. The van der Waals surface area contributed by atoms with E-state index in [0.29, 0.717) is 0 Å². The van der Waals surface area contributed by atoms with Crippen molar-refractivity contribution in [2.45, 2.75) is 19.3 Å². The largest absolute Gasteiger partial charge is 0.0985 e. The van der Waals surface area contributed by atoms with Crippen LogP contribution in [0.5, 0.6) is 0 Å². The molecule has 1 aromatic rings. The zero-order valence-electron chi connectivity index (χ0n) is 7.28. The van der Waals surface area contributed by atoms with Crippen molar-refractivity contribution in [2.24, 2.45) is 0 Å². The van der Waals surface area contributed by atoms with Crippen LogP contribution in [0.4, 0.5) is 0 Å². The molecular weight excluding hydrogens is 156 g/mol. The molecule has 0 aliphatic heterocycles. The molecule has 0 bridgehead atoms. The van der Waals surface area contributed by atoms with Gasteiger partial charge in [-0.05, 0) is 28.8 Å². The number of rotatable bonds is 0. The van der Waals surface area contributed by atoms with Gasteiger partial charge >= 0.3 is 0 Å². The molecule has 0 fully saturated rings. The Morgan fingerprint density at radius 3 is 3.08 bits per heavy atom. The summed E-state index contributed by atoms with van der Waals surface area (Å²) in [5, 5.41) is 0. The van der Waals surface area contributed by atoms with Gasteiger partial charge in [-0.3, -0.25) is 0 Å². The van der Waals surface area contributed by atoms with E-state index in [2.05, 4.69) is 30.0 Å². The maximum Gasteiger partial charge on any atom is 0.0346 e. The number of fused-ring (bicyclic) bond motifs is 2. The lowest BCUT2D eigenvalue weighted by molar-refractivity contribution is 1.11. The molecule has 0 saturated carbocycles. The molecule has 0 spiro atoms. The maximum atomic E-state index is 3.18. The molecule has 2 aliphatic carbocycles. The van der Waals surface area contributed by atoms with E-state index in [4.69, 9.17) is 0 Å². The quantitative estimate of drug-likeness (QED) is 0.516. The lowest BCUT2D eigenvalue weighted by Crippen LogP contribution is -1.88. The van der Waals surface area contributed by atoms with E-state index in [1.54, 1.807) is 0 Å². The van der Waals surface area contributed by atoms with Gasteiger partial charge in [-0.25, -0.2) is 0 Å². The molecule has 3 rings (SSSR count). The Balaban J connectivity index is 2.15. The van der Waals surface area contributed by atoms with Crippen LogP contribution >= 0.6 is 0 Å². The van der Waals surface area contributed by atoms with Gasteiger partial charge < -0.3 is 0 Å². The molecule has 0 atom stereocenters. The highest BCUT2D eigenvalue weighted by atomic mass is 14.2. The van der Waals surface area contributed by atoms with Crippen LogP contribution in [-0.4, -0.2) is 0 Å². The van der Waals surface area contributed by atoms with Crippen LogP contribution in [0.15, 0.2) is 17.7 Å². The summed E-state index contributed by atoms with van der Waals surface area (Å²) in [6.07, 6.45) is 2.94. The van der Waals surface area contributed by atoms with Crippen molar-refractivity contribution < 1.29 is 0 Å². The van der Waals surface area contributed by atoms with Crippen molar-refractivity contribution in [3.8, 4) is 11.8 Å². The summed E-state index contributed by atoms with van der Waals surface area (Å²) in [4.78, 5) is 0. The SMILES string of the molecule is C1#CCC2=C(C1)Cc1c#cccc12. The van der Waals surface area contributed by atoms with E-state index in [1.165, 1.54) is 22.3 Å². The van der Waals surface area contributed by atoms with Crippen LogP contribution in [0.3, 0.4) is 0 Å². The lowest BCUT2D eigenvalue weighted by Gasteiger charge is -2.04. The van der Waals surface area contributed by atoms with Gasteiger partial charge in [-0.1, -0.05) is 24.0 Å². The first-order chi connectivity index (χ1) is 6.45. The Bertz CT molecular complexity index is 452. The molecule has 0 saturated heterocycles. The molecule has 0 heteroatoms. The Kier molecular flexibility index (Phi) is 1.26. The first-order valence-corrected chi connectivity index (χ1v) is 4.53. The smallest absolute Gasteiger partial charge is 0.0346 e.